The van der Waals surface area contributed by atoms with Crippen molar-refractivity contribution < 1.29 is 0 Å². The van der Waals surface area contributed by atoms with Crippen LogP contribution in [0, 0.1) is 0 Å². The number of halogens is 1. The molecule has 28 heavy (non-hydrogen) atoms. The van der Waals surface area contributed by atoms with Gasteiger partial charge in [0.1, 0.15) is 5.82 Å². The quantitative estimate of drug-likeness (QED) is 0.445. The lowest BCUT2D eigenvalue weighted by Gasteiger charge is -2.12. The summed E-state index contributed by atoms with van der Waals surface area (Å²) in [5, 5.41) is 8.43. The molecule has 0 aliphatic carbocycles. The zero-order valence-electron chi connectivity index (χ0n) is 16.7. The van der Waals surface area contributed by atoms with Crippen molar-refractivity contribution in [2.24, 2.45) is 0 Å². The SMILES string of the molecule is C/C=C\C(C)=C(/C)Nc1cc(-c2cccc(CC)c2)nn1-c1ccncc1Br. The Bertz CT molecular complexity index is 1030. The summed E-state index contributed by atoms with van der Waals surface area (Å²) in [6, 6.07) is 12.6. The van der Waals surface area contributed by atoms with Gasteiger partial charge in [-0.1, -0.05) is 37.3 Å². The standard InChI is InChI=1S/C23H25BrN4/c1-5-8-16(3)17(4)26-23-14-21(19-10-7-9-18(6-2)13-19)27-28(23)22-11-12-25-15-20(22)24/h5,7-15,26H,6H2,1-4H3/b8-5-,17-16+. The first-order chi connectivity index (χ1) is 13.5. The van der Waals surface area contributed by atoms with Crippen molar-refractivity contribution in [1.82, 2.24) is 14.8 Å². The lowest BCUT2D eigenvalue weighted by atomic mass is 10.1. The molecule has 144 valence electrons. The largest absolute Gasteiger partial charge is 0.344 e. The monoisotopic (exact) mass is 436 g/mol. The number of benzene rings is 1. The third-order valence-corrected chi connectivity index (χ3v) is 5.25. The van der Waals surface area contributed by atoms with Crippen LogP contribution in [0.5, 0.6) is 0 Å². The number of nitrogens with one attached hydrogen (secondary N) is 1. The molecule has 2 aromatic heterocycles. The molecule has 0 amide bonds. The van der Waals surface area contributed by atoms with Crippen molar-refractivity contribution in [3.8, 4) is 16.9 Å². The number of aryl methyl sites for hydroxylation is 1. The molecule has 0 saturated carbocycles. The highest BCUT2D eigenvalue weighted by atomic mass is 79.9. The summed E-state index contributed by atoms with van der Waals surface area (Å²) in [5.41, 5.74) is 6.53. The van der Waals surface area contributed by atoms with Crippen LogP contribution in [-0.2, 0) is 6.42 Å². The van der Waals surface area contributed by atoms with Gasteiger partial charge in [-0.15, -0.1) is 0 Å². The first-order valence-corrected chi connectivity index (χ1v) is 10.2. The maximum Gasteiger partial charge on any atom is 0.134 e. The number of pyridine rings is 1. The lowest BCUT2D eigenvalue weighted by molar-refractivity contribution is 0.880. The fourth-order valence-electron chi connectivity index (χ4n) is 2.95. The van der Waals surface area contributed by atoms with Gasteiger partial charge < -0.3 is 5.32 Å². The van der Waals surface area contributed by atoms with Gasteiger partial charge in [0.15, 0.2) is 0 Å². The van der Waals surface area contributed by atoms with E-state index < -0.39 is 0 Å². The minimum Gasteiger partial charge on any atom is -0.344 e. The number of nitrogens with zero attached hydrogens (tertiary/aromatic N) is 3. The Morgan fingerprint density at radius 3 is 2.75 bits per heavy atom. The molecule has 1 aromatic carbocycles. The van der Waals surface area contributed by atoms with E-state index >= 15 is 0 Å². The number of allylic oxidation sites excluding steroid dienone is 4. The number of rotatable bonds is 6. The smallest absolute Gasteiger partial charge is 0.134 e. The molecule has 0 aliphatic heterocycles. The van der Waals surface area contributed by atoms with E-state index in [1.807, 2.05) is 23.7 Å². The van der Waals surface area contributed by atoms with E-state index in [2.05, 4.69) is 83.4 Å². The molecule has 0 aliphatic rings. The van der Waals surface area contributed by atoms with Crippen LogP contribution in [0.25, 0.3) is 16.9 Å². The predicted octanol–water partition coefficient (Wildman–Crippen LogP) is 6.54. The Labute approximate surface area is 175 Å². The van der Waals surface area contributed by atoms with E-state index in [0.717, 1.165) is 39.4 Å². The molecule has 3 rings (SSSR count). The van der Waals surface area contributed by atoms with Crippen molar-refractivity contribution in [2.75, 3.05) is 5.32 Å². The van der Waals surface area contributed by atoms with E-state index in [1.54, 1.807) is 12.4 Å². The topological polar surface area (TPSA) is 42.7 Å². The molecule has 0 unspecified atom stereocenters. The first-order valence-electron chi connectivity index (χ1n) is 9.40. The molecule has 5 heteroatoms. The molecule has 1 N–H and O–H groups in total. The molecule has 2 heterocycles. The van der Waals surface area contributed by atoms with Crippen LogP contribution >= 0.6 is 15.9 Å². The summed E-state index contributed by atoms with van der Waals surface area (Å²) in [5.74, 6) is 0.908. The summed E-state index contributed by atoms with van der Waals surface area (Å²) in [7, 11) is 0. The summed E-state index contributed by atoms with van der Waals surface area (Å²) >= 11 is 3.60. The second kappa shape index (κ2) is 9.02. The molecular weight excluding hydrogens is 412 g/mol. The normalized spacial score (nSPS) is 12.3. The van der Waals surface area contributed by atoms with E-state index in [0.29, 0.717) is 0 Å². The number of anilines is 1. The van der Waals surface area contributed by atoms with E-state index in [9.17, 15) is 0 Å². The second-order valence-electron chi connectivity index (χ2n) is 6.64. The fraction of sp³-hybridized carbons (Fsp3) is 0.217. The minimum atomic E-state index is 0.891. The summed E-state index contributed by atoms with van der Waals surface area (Å²) in [6.45, 7) is 8.35. The Hall–Kier alpha value is -2.66. The highest BCUT2D eigenvalue weighted by Crippen LogP contribution is 2.29. The van der Waals surface area contributed by atoms with Gasteiger partial charge in [-0.3, -0.25) is 4.98 Å². The summed E-state index contributed by atoms with van der Waals surface area (Å²) in [4.78, 5) is 4.17. The fourth-order valence-corrected chi connectivity index (χ4v) is 3.37. The average Bonchev–Trinajstić information content (AvgIpc) is 3.12. The molecule has 0 spiro atoms. The number of hydrogen-bond acceptors (Lipinski definition) is 3. The molecular formula is C23H25BrN4. The van der Waals surface area contributed by atoms with Gasteiger partial charge in [-0.2, -0.15) is 5.10 Å². The Balaban J connectivity index is 2.12. The van der Waals surface area contributed by atoms with Crippen LogP contribution < -0.4 is 5.32 Å². The molecule has 0 atom stereocenters. The van der Waals surface area contributed by atoms with E-state index in [4.69, 9.17) is 5.10 Å². The van der Waals surface area contributed by atoms with Gasteiger partial charge in [0.05, 0.1) is 15.9 Å². The van der Waals surface area contributed by atoms with Gasteiger partial charge in [0.25, 0.3) is 0 Å². The van der Waals surface area contributed by atoms with Crippen LogP contribution in [0.3, 0.4) is 0 Å². The average molecular weight is 437 g/mol. The highest BCUT2D eigenvalue weighted by Gasteiger charge is 2.14. The van der Waals surface area contributed by atoms with Gasteiger partial charge in [-0.05, 0) is 66.4 Å². The Kier molecular flexibility index (Phi) is 6.47. The minimum absolute atomic E-state index is 0.891. The first kappa shape index (κ1) is 20.1. The highest BCUT2D eigenvalue weighted by molar-refractivity contribution is 9.10. The Morgan fingerprint density at radius 2 is 2.04 bits per heavy atom. The van der Waals surface area contributed by atoms with E-state index in [-0.39, 0.29) is 0 Å². The Morgan fingerprint density at radius 1 is 1.21 bits per heavy atom. The van der Waals surface area contributed by atoms with Crippen molar-refractivity contribution in [3.63, 3.8) is 0 Å². The molecule has 0 radical (unpaired) electrons. The maximum atomic E-state index is 4.90. The van der Waals surface area contributed by atoms with Crippen molar-refractivity contribution in [1.29, 1.82) is 0 Å². The zero-order chi connectivity index (χ0) is 20.1. The molecule has 0 saturated heterocycles. The van der Waals surface area contributed by atoms with Crippen LogP contribution in [0.4, 0.5) is 5.82 Å². The molecule has 0 bridgehead atoms. The molecule has 4 nitrogen and oxygen atoms in total. The van der Waals surface area contributed by atoms with Gasteiger partial charge in [-0.25, -0.2) is 4.68 Å². The summed E-state index contributed by atoms with van der Waals surface area (Å²) < 4.78 is 2.81. The third-order valence-electron chi connectivity index (χ3n) is 4.64. The van der Waals surface area contributed by atoms with Crippen LogP contribution in [-0.4, -0.2) is 14.8 Å². The van der Waals surface area contributed by atoms with Crippen LogP contribution in [0.2, 0.25) is 0 Å². The number of aromatic nitrogens is 3. The van der Waals surface area contributed by atoms with Crippen molar-refractivity contribution in [2.45, 2.75) is 34.1 Å². The predicted molar refractivity (Wildman–Crippen MR) is 121 cm³/mol. The molecule has 0 fully saturated rings. The molecule has 3 aromatic rings. The summed E-state index contributed by atoms with van der Waals surface area (Å²) in [6.07, 6.45) is 8.69. The second-order valence-corrected chi connectivity index (χ2v) is 7.49. The lowest BCUT2D eigenvalue weighted by Crippen LogP contribution is -2.06. The van der Waals surface area contributed by atoms with Gasteiger partial charge >= 0.3 is 0 Å². The van der Waals surface area contributed by atoms with E-state index in [1.165, 1.54) is 11.1 Å². The van der Waals surface area contributed by atoms with Crippen LogP contribution in [0.15, 0.2) is 76.7 Å². The number of hydrogen-bond donors (Lipinski definition) is 1. The third kappa shape index (κ3) is 4.42. The van der Waals surface area contributed by atoms with Crippen molar-refractivity contribution >= 4 is 21.7 Å². The van der Waals surface area contributed by atoms with Gasteiger partial charge in [0, 0.05) is 29.7 Å². The maximum absolute atomic E-state index is 4.90. The van der Waals surface area contributed by atoms with Crippen LogP contribution in [0.1, 0.15) is 33.3 Å². The zero-order valence-corrected chi connectivity index (χ0v) is 18.3. The van der Waals surface area contributed by atoms with Gasteiger partial charge in [0.2, 0.25) is 0 Å². The van der Waals surface area contributed by atoms with Crippen molar-refractivity contribution in [3.05, 3.63) is 82.3 Å².